The maximum atomic E-state index is 13.2. The smallest absolute Gasteiger partial charge is 0.246 e. The quantitative estimate of drug-likeness (QED) is 0.798. The first kappa shape index (κ1) is 19.8. The molecule has 0 aromatic heterocycles. The summed E-state index contributed by atoms with van der Waals surface area (Å²) in [6.07, 6.45) is 4.83. The second-order valence-electron chi connectivity index (χ2n) is 8.97. The molecule has 3 aliphatic heterocycles. The summed E-state index contributed by atoms with van der Waals surface area (Å²) in [5, 5.41) is 3.00. The average molecular weight is 415 g/mol. The second kappa shape index (κ2) is 7.85. The maximum absolute atomic E-state index is 13.2. The summed E-state index contributed by atoms with van der Waals surface area (Å²) >= 11 is 0. The highest BCUT2D eigenvalue weighted by Gasteiger charge is 2.44. The Morgan fingerprint density at radius 2 is 2.10 bits per heavy atom. The largest absolute Gasteiger partial charge is 0.497 e. The Kier molecular flexibility index (Phi) is 5.19. The minimum Gasteiger partial charge on any atom is -0.497 e. The number of fused-ring (bicyclic) bond motifs is 3. The summed E-state index contributed by atoms with van der Waals surface area (Å²) in [6, 6.07) is 6.33. The molecule has 2 amide bonds. The summed E-state index contributed by atoms with van der Waals surface area (Å²) < 4.78 is 17.4. The van der Waals surface area contributed by atoms with Crippen molar-refractivity contribution in [3.63, 3.8) is 0 Å². The number of ether oxygens (including phenoxy) is 3. The van der Waals surface area contributed by atoms with Crippen molar-refractivity contribution < 1.29 is 23.8 Å². The van der Waals surface area contributed by atoms with E-state index >= 15 is 0 Å². The number of nitrogens with zero attached hydrogens (tertiary/aromatic N) is 1. The number of hydrogen-bond donors (Lipinski definition) is 1. The first-order chi connectivity index (χ1) is 14.6. The number of piperidine rings is 1. The number of likely N-dealkylation sites (tertiary alicyclic amines) is 1. The molecule has 0 bridgehead atoms. The molecular weight excluding hydrogens is 384 g/mol. The van der Waals surface area contributed by atoms with Crippen LogP contribution in [0.4, 0.5) is 0 Å². The van der Waals surface area contributed by atoms with Crippen LogP contribution in [0.3, 0.4) is 0 Å². The molecule has 3 atom stereocenters. The lowest BCUT2D eigenvalue weighted by Gasteiger charge is -2.46. The monoisotopic (exact) mass is 414 g/mol. The molecular formula is C23H30N2O5. The van der Waals surface area contributed by atoms with Gasteiger partial charge >= 0.3 is 0 Å². The lowest BCUT2D eigenvalue weighted by atomic mass is 9.78. The fourth-order valence-corrected chi connectivity index (χ4v) is 5.68. The van der Waals surface area contributed by atoms with E-state index in [2.05, 4.69) is 17.4 Å². The molecule has 7 nitrogen and oxygen atoms in total. The van der Waals surface area contributed by atoms with E-state index in [-0.39, 0.29) is 42.1 Å². The summed E-state index contributed by atoms with van der Waals surface area (Å²) in [7, 11) is 1.70. The Balaban J connectivity index is 1.24. The number of morpholine rings is 1. The SMILES string of the molecule is COc1ccc2c(c1)CCOC21CCN(C(=O)[C@H]2CC[C@@H]3NC(=O)CO[C@H]3C2)CC1. The molecule has 162 valence electrons. The van der Waals surface area contributed by atoms with Gasteiger partial charge in [0.2, 0.25) is 11.8 Å². The first-order valence-electron chi connectivity index (χ1n) is 11.1. The predicted molar refractivity (Wildman–Crippen MR) is 109 cm³/mol. The lowest BCUT2D eigenvalue weighted by Crippen LogP contribution is -2.56. The molecule has 3 fully saturated rings. The van der Waals surface area contributed by atoms with Crippen LogP contribution in [-0.4, -0.2) is 62.3 Å². The van der Waals surface area contributed by atoms with Gasteiger partial charge in [0.1, 0.15) is 12.4 Å². The summed E-state index contributed by atoms with van der Waals surface area (Å²) in [5.74, 6) is 1.05. The summed E-state index contributed by atoms with van der Waals surface area (Å²) in [4.78, 5) is 26.8. The van der Waals surface area contributed by atoms with Gasteiger partial charge in [0.25, 0.3) is 0 Å². The first-order valence-corrected chi connectivity index (χ1v) is 11.1. The summed E-state index contributed by atoms with van der Waals surface area (Å²) in [5.41, 5.74) is 2.27. The van der Waals surface area contributed by atoms with E-state index in [9.17, 15) is 9.59 Å². The van der Waals surface area contributed by atoms with Crippen LogP contribution in [0.25, 0.3) is 0 Å². The van der Waals surface area contributed by atoms with Gasteiger partial charge in [-0.05, 0) is 61.8 Å². The minimum atomic E-state index is -0.287. The number of methoxy groups -OCH3 is 1. The van der Waals surface area contributed by atoms with Crippen LogP contribution in [-0.2, 0) is 31.1 Å². The number of rotatable bonds is 2. The van der Waals surface area contributed by atoms with Gasteiger partial charge in [0.15, 0.2) is 0 Å². The zero-order valence-electron chi connectivity index (χ0n) is 17.5. The minimum absolute atomic E-state index is 0.0147. The molecule has 3 heterocycles. The van der Waals surface area contributed by atoms with Crippen molar-refractivity contribution >= 4 is 11.8 Å². The Morgan fingerprint density at radius 3 is 2.90 bits per heavy atom. The van der Waals surface area contributed by atoms with Crippen molar-refractivity contribution in [1.82, 2.24) is 10.2 Å². The van der Waals surface area contributed by atoms with E-state index in [1.54, 1.807) is 7.11 Å². The molecule has 0 radical (unpaired) electrons. The topological polar surface area (TPSA) is 77.1 Å². The molecule has 30 heavy (non-hydrogen) atoms. The van der Waals surface area contributed by atoms with Gasteiger partial charge in [-0.1, -0.05) is 6.07 Å². The van der Waals surface area contributed by atoms with Gasteiger partial charge in [-0.3, -0.25) is 9.59 Å². The van der Waals surface area contributed by atoms with E-state index < -0.39 is 0 Å². The lowest BCUT2D eigenvalue weighted by molar-refractivity contribution is -0.151. The van der Waals surface area contributed by atoms with Gasteiger partial charge in [0, 0.05) is 19.0 Å². The third kappa shape index (κ3) is 3.48. The Labute approximate surface area is 177 Å². The van der Waals surface area contributed by atoms with Crippen molar-refractivity contribution in [3.05, 3.63) is 29.3 Å². The van der Waals surface area contributed by atoms with Gasteiger partial charge in [0.05, 0.1) is 31.5 Å². The molecule has 7 heteroatoms. The third-order valence-electron chi connectivity index (χ3n) is 7.35. The van der Waals surface area contributed by atoms with Crippen LogP contribution in [0.1, 0.15) is 43.2 Å². The number of hydrogen-bond acceptors (Lipinski definition) is 5. The third-order valence-corrected chi connectivity index (χ3v) is 7.35. The zero-order valence-corrected chi connectivity index (χ0v) is 17.5. The molecule has 5 rings (SSSR count). The fraction of sp³-hybridized carbons (Fsp3) is 0.652. The molecule has 1 N–H and O–H groups in total. The standard InChI is InChI=1S/C23H30N2O5/c1-28-17-3-4-18-15(12-17)6-11-30-23(18)7-9-25(10-8-23)22(27)16-2-5-19-20(13-16)29-14-21(26)24-19/h3-4,12,16,19-20H,2,5-11,13-14H2,1H3,(H,24,26)/t16-,19-,20-/m0/s1. The van der Waals surface area contributed by atoms with Gasteiger partial charge in [-0.15, -0.1) is 0 Å². The van der Waals surface area contributed by atoms with Crippen LogP contribution in [0, 0.1) is 5.92 Å². The van der Waals surface area contributed by atoms with Crippen LogP contribution in [0.2, 0.25) is 0 Å². The number of carbonyl (C=O) groups excluding carboxylic acids is 2. The van der Waals surface area contributed by atoms with Gasteiger partial charge < -0.3 is 24.4 Å². The Morgan fingerprint density at radius 1 is 1.27 bits per heavy atom. The van der Waals surface area contributed by atoms with E-state index in [4.69, 9.17) is 14.2 Å². The fourth-order valence-electron chi connectivity index (χ4n) is 5.68. The van der Waals surface area contributed by atoms with Crippen molar-refractivity contribution in [2.24, 2.45) is 5.92 Å². The highest BCUT2D eigenvalue weighted by atomic mass is 16.5. The number of amides is 2. The van der Waals surface area contributed by atoms with Crippen LogP contribution in [0.5, 0.6) is 5.75 Å². The molecule has 4 aliphatic rings. The van der Waals surface area contributed by atoms with Crippen LogP contribution < -0.4 is 10.1 Å². The summed E-state index contributed by atoms with van der Waals surface area (Å²) in [6.45, 7) is 2.25. The van der Waals surface area contributed by atoms with E-state index in [1.165, 1.54) is 11.1 Å². The second-order valence-corrected chi connectivity index (χ2v) is 8.97. The molecule has 2 saturated heterocycles. The van der Waals surface area contributed by atoms with Crippen molar-refractivity contribution in [2.75, 3.05) is 33.4 Å². The van der Waals surface area contributed by atoms with E-state index in [0.29, 0.717) is 26.1 Å². The molecule has 0 unspecified atom stereocenters. The van der Waals surface area contributed by atoms with Crippen LogP contribution in [0.15, 0.2) is 18.2 Å². The molecule has 1 aromatic rings. The Hall–Kier alpha value is -2.12. The maximum Gasteiger partial charge on any atom is 0.246 e. The molecule has 1 aromatic carbocycles. The van der Waals surface area contributed by atoms with Crippen molar-refractivity contribution in [3.8, 4) is 5.75 Å². The van der Waals surface area contributed by atoms with Gasteiger partial charge in [-0.25, -0.2) is 0 Å². The predicted octanol–water partition coefficient (Wildman–Crippen LogP) is 1.77. The normalized spacial score (nSPS) is 30.2. The van der Waals surface area contributed by atoms with Gasteiger partial charge in [-0.2, -0.15) is 0 Å². The zero-order chi connectivity index (χ0) is 20.7. The van der Waals surface area contributed by atoms with Crippen molar-refractivity contribution in [1.29, 1.82) is 0 Å². The van der Waals surface area contributed by atoms with E-state index in [1.807, 2.05) is 11.0 Å². The Bertz CT molecular complexity index is 833. The number of benzene rings is 1. The highest BCUT2D eigenvalue weighted by molar-refractivity contribution is 5.80. The highest BCUT2D eigenvalue weighted by Crippen LogP contribution is 2.43. The molecule has 1 aliphatic carbocycles. The molecule has 1 saturated carbocycles. The molecule has 1 spiro atoms. The van der Waals surface area contributed by atoms with Crippen LogP contribution >= 0.6 is 0 Å². The van der Waals surface area contributed by atoms with Crippen molar-refractivity contribution in [2.45, 2.75) is 56.3 Å². The number of nitrogens with one attached hydrogen (secondary N) is 1. The van der Waals surface area contributed by atoms with E-state index in [0.717, 1.165) is 37.9 Å². The number of carbonyl (C=O) groups is 2. The average Bonchev–Trinajstić information content (AvgIpc) is 2.78.